The highest BCUT2D eigenvalue weighted by Crippen LogP contribution is 2.25. The van der Waals surface area contributed by atoms with Crippen LogP contribution in [0.1, 0.15) is 17.7 Å². The van der Waals surface area contributed by atoms with E-state index in [1.807, 2.05) is 24.4 Å². The Hall–Kier alpha value is -1.19. The second-order valence-corrected chi connectivity index (χ2v) is 4.86. The predicted molar refractivity (Wildman–Crippen MR) is 69.5 cm³/mol. The molecule has 0 radical (unpaired) electrons. The van der Waals surface area contributed by atoms with Gasteiger partial charge in [0.25, 0.3) is 0 Å². The molecule has 0 unspecified atom stereocenters. The van der Waals surface area contributed by atoms with Gasteiger partial charge in [-0.1, -0.05) is 30.3 Å². The van der Waals surface area contributed by atoms with E-state index in [0.29, 0.717) is 0 Å². The molecule has 2 N–H and O–H groups in total. The number of nitrogens with two attached hydrogens (primary N) is 1. The van der Waals surface area contributed by atoms with Gasteiger partial charge >= 0.3 is 0 Å². The van der Waals surface area contributed by atoms with Crippen molar-refractivity contribution >= 4 is 11.3 Å². The van der Waals surface area contributed by atoms with Crippen molar-refractivity contribution < 1.29 is 0 Å². The van der Waals surface area contributed by atoms with Crippen LogP contribution < -0.4 is 5.73 Å². The van der Waals surface area contributed by atoms with Crippen LogP contribution in [0.5, 0.6) is 0 Å². The Morgan fingerprint density at radius 3 is 2.69 bits per heavy atom. The minimum absolute atomic E-state index is 0.782. The molecule has 0 spiro atoms. The van der Waals surface area contributed by atoms with Gasteiger partial charge in [0.15, 0.2) is 0 Å². The second kappa shape index (κ2) is 5.77. The van der Waals surface area contributed by atoms with Gasteiger partial charge in [-0.15, -0.1) is 11.3 Å². The predicted octanol–water partition coefficient (Wildman–Crippen LogP) is 3.09. The van der Waals surface area contributed by atoms with E-state index in [1.165, 1.54) is 10.4 Å². The van der Waals surface area contributed by atoms with Crippen LogP contribution >= 0.6 is 11.3 Å². The van der Waals surface area contributed by atoms with Crippen LogP contribution in [0.4, 0.5) is 0 Å². The minimum Gasteiger partial charge on any atom is -0.330 e. The number of aromatic nitrogens is 1. The third kappa shape index (κ3) is 2.90. The first kappa shape index (κ1) is 11.3. The number of thiazole rings is 1. The SMILES string of the molecule is NCCCCc1cnc(-c2ccccc2)s1. The summed E-state index contributed by atoms with van der Waals surface area (Å²) >= 11 is 1.78. The van der Waals surface area contributed by atoms with Crippen LogP contribution in [0.3, 0.4) is 0 Å². The molecule has 1 aromatic heterocycles. The van der Waals surface area contributed by atoms with Crippen molar-refractivity contribution in [3.8, 4) is 10.6 Å². The molecule has 0 amide bonds. The molecule has 0 bridgehead atoms. The lowest BCUT2D eigenvalue weighted by Crippen LogP contribution is -1.98. The standard InChI is InChI=1S/C13H16N2S/c14-9-5-4-8-12-10-15-13(16-12)11-6-2-1-3-7-11/h1-3,6-7,10H,4-5,8-9,14H2. The Bertz CT molecular complexity index is 423. The van der Waals surface area contributed by atoms with Crippen LogP contribution in [0, 0.1) is 0 Å². The zero-order valence-corrected chi connectivity index (χ0v) is 10.0. The molecule has 2 nitrogen and oxygen atoms in total. The van der Waals surface area contributed by atoms with Gasteiger partial charge in [-0.25, -0.2) is 4.98 Å². The van der Waals surface area contributed by atoms with Gasteiger partial charge in [0, 0.05) is 16.6 Å². The molecule has 2 aromatic rings. The number of rotatable bonds is 5. The van der Waals surface area contributed by atoms with Gasteiger partial charge < -0.3 is 5.73 Å². The maximum atomic E-state index is 5.48. The zero-order chi connectivity index (χ0) is 11.2. The number of hydrogen-bond acceptors (Lipinski definition) is 3. The highest BCUT2D eigenvalue weighted by Gasteiger charge is 2.03. The number of unbranched alkanes of at least 4 members (excludes halogenated alkanes) is 1. The second-order valence-electron chi connectivity index (χ2n) is 3.74. The molecule has 0 atom stereocenters. The average Bonchev–Trinajstić information content (AvgIpc) is 2.79. The Kier molecular flexibility index (Phi) is 4.08. The number of hydrogen-bond donors (Lipinski definition) is 1. The minimum atomic E-state index is 0.782. The van der Waals surface area contributed by atoms with E-state index in [-0.39, 0.29) is 0 Å². The van der Waals surface area contributed by atoms with Crippen LogP contribution in [-0.2, 0) is 6.42 Å². The summed E-state index contributed by atoms with van der Waals surface area (Å²) in [6.07, 6.45) is 5.34. The van der Waals surface area contributed by atoms with E-state index in [2.05, 4.69) is 17.1 Å². The fourth-order valence-electron chi connectivity index (χ4n) is 1.58. The molecule has 0 saturated heterocycles. The van der Waals surface area contributed by atoms with Gasteiger partial charge in [-0.05, 0) is 25.8 Å². The molecule has 0 saturated carbocycles. The molecule has 0 aliphatic carbocycles. The third-order valence-corrected chi connectivity index (χ3v) is 3.56. The van der Waals surface area contributed by atoms with Gasteiger partial charge in [0.1, 0.15) is 5.01 Å². The topological polar surface area (TPSA) is 38.9 Å². The Morgan fingerprint density at radius 1 is 1.12 bits per heavy atom. The number of benzene rings is 1. The van der Waals surface area contributed by atoms with Crippen molar-refractivity contribution in [1.82, 2.24) is 4.98 Å². The number of aryl methyl sites for hydroxylation is 1. The monoisotopic (exact) mass is 232 g/mol. The molecular weight excluding hydrogens is 216 g/mol. The largest absolute Gasteiger partial charge is 0.330 e. The van der Waals surface area contributed by atoms with Crippen molar-refractivity contribution in [3.63, 3.8) is 0 Å². The van der Waals surface area contributed by atoms with Crippen LogP contribution in [0.2, 0.25) is 0 Å². The Balaban J connectivity index is 2.02. The Labute approximate surface area is 100 Å². The van der Waals surface area contributed by atoms with Gasteiger partial charge in [0.2, 0.25) is 0 Å². The lowest BCUT2D eigenvalue weighted by atomic mass is 10.2. The van der Waals surface area contributed by atoms with Crippen LogP contribution in [-0.4, -0.2) is 11.5 Å². The summed E-state index contributed by atoms with van der Waals surface area (Å²) in [7, 11) is 0. The molecule has 1 aromatic carbocycles. The summed E-state index contributed by atoms with van der Waals surface area (Å²) in [5.74, 6) is 0. The molecule has 2 rings (SSSR count). The number of nitrogens with zero attached hydrogens (tertiary/aromatic N) is 1. The maximum Gasteiger partial charge on any atom is 0.123 e. The highest BCUT2D eigenvalue weighted by atomic mass is 32.1. The van der Waals surface area contributed by atoms with Crippen molar-refractivity contribution in [2.75, 3.05) is 6.54 Å². The van der Waals surface area contributed by atoms with Crippen molar-refractivity contribution in [2.45, 2.75) is 19.3 Å². The van der Waals surface area contributed by atoms with E-state index in [9.17, 15) is 0 Å². The summed E-state index contributed by atoms with van der Waals surface area (Å²) in [6, 6.07) is 10.3. The average molecular weight is 232 g/mol. The van der Waals surface area contributed by atoms with Gasteiger partial charge in [-0.3, -0.25) is 0 Å². The quantitative estimate of drug-likeness (QED) is 0.805. The molecule has 16 heavy (non-hydrogen) atoms. The summed E-state index contributed by atoms with van der Waals surface area (Å²) in [6.45, 7) is 0.782. The third-order valence-electron chi connectivity index (χ3n) is 2.45. The lowest BCUT2D eigenvalue weighted by molar-refractivity contribution is 0.750. The van der Waals surface area contributed by atoms with E-state index < -0.39 is 0 Å². The highest BCUT2D eigenvalue weighted by molar-refractivity contribution is 7.15. The zero-order valence-electron chi connectivity index (χ0n) is 9.23. The molecule has 1 heterocycles. The summed E-state index contributed by atoms with van der Waals surface area (Å²) < 4.78 is 0. The molecule has 84 valence electrons. The molecule has 0 aliphatic heterocycles. The molecule has 0 fully saturated rings. The van der Waals surface area contributed by atoms with Crippen LogP contribution in [0.25, 0.3) is 10.6 Å². The van der Waals surface area contributed by atoms with E-state index in [1.54, 1.807) is 11.3 Å². The first-order valence-corrected chi connectivity index (χ1v) is 6.42. The Morgan fingerprint density at radius 2 is 1.94 bits per heavy atom. The summed E-state index contributed by atoms with van der Waals surface area (Å²) in [5, 5.41) is 1.11. The molecular formula is C13H16N2S. The van der Waals surface area contributed by atoms with Gasteiger partial charge in [0.05, 0.1) is 0 Å². The summed E-state index contributed by atoms with van der Waals surface area (Å²) in [4.78, 5) is 5.81. The first-order valence-electron chi connectivity index (χ1n) is 5.60. The van der Waals surface area contributed by atoms with Crippen molar-refractivity contribution in [2.24, 2.45) is 5.73 Å². The van der Waals surface area contributed by atoms with E-state index >= 15 is 0 Å². The molecule has 3 heteroatoms. The fourth-order valence-corrected chi connectivity index (χ4v) is 2.54. The normalized spacial score (nSPS) is 10.6. The van der Waals surface area contributed by atoms with Crippen molar-refractivity contribution in [1.29, 1.82) is 0 Å². The lowest BCUT2D eigenvalue weighted by Gasteiger charge is -1.95. The van der Waals surface area contributed by atoms with E-state index in [0.717, 1.165) is 30.8 Å². The van der Waals surface area contributed by atoms with Crippen LogP contribution in [0.15, 0.2) is 36.5 Å². The smallest absolute Gasteiger partial charge is 0.123 e. The maximum absolute atomic E-state index is 5.48. The first-order chi connectivity index (χ1) is 7.90. The van der Waals surface area contributed by atoms with E-state index in [4.69, 9.17) is 5.73 Å². The van der Waals surface area contributed by atoms with Gasteiger partial charge in [-0.2, -0.15) is 0 Å². The van der Waals surface area contributed by atoms with Crippen molar-refractivity contribution in [3.05, 3.63) is 41.4 Å². The molecule has 0 aliphatic rings. The summed E-state index contributed by atoms with van der Waals surface area (Å²) in [5.41, 5.74) is 6.68. The fraction of sp³-hybridized carbons (Fsp3) is 0.308.